The lowest BCUT2D eigenvalue weighted by molar-refractivity contribution is -0.152. The van der Waals surface area contributed by atoms with Crippen LogP contribution in [0.5, 0.6) is 0 Å². The lowest BCUT2D eigenvalue weighted by Gasteiger charge is -2.32. The van der Waals surface area contributed by atoms with E-state index in [2.05, 4.69) is 25.5 Å². The molecule has 16 heteroatoms. The van der Waals surface area contributed by atoms with Gasteiger partial charge in [-0.05, 0) is 83.3 Å². The average molecular weight is 872 g/mol. The molecule has 4 aromatic rings. The van der Waals surface area contributed by atoms with Crippen LogP contribution in [0.2, 0.25) is 10.0 Å². The zero-order chi connectivity index (χ0) is 52.9. The minimum absolute atomic E-state index is 0.0114. The summed E-state index contributed by atoms with van der Waals surface area (Å²) in [6.07, 6.45) is 4.42. The maximum atomic E-state index is 14.3. The number of nitrogens with one attached hydrogen (secondary N) is 2. The first-order valence-corrected chi connectivity index (χ1v) is 20.4. The Labute approximate surface area is 376 Å². The van der Waals surface area contributed by atoms with Crippen molar-refractivity contribution >= 4 is 58.5 Å². The van der Waals surface area contributed by atoms with Crippen LogP contribution in [0, 0.1) is 10.8 Å². The molecule has 0 atom stereocenters. The molecule has 0 radical (unpaired) electrons. The van der Waals surface area contributed by atoms with E-state index in [4.69, 9.17) is 49.1 Å². The maximum Gasteiger partial charge on any atom is 0.410 e. The van der Waals surface area contributed by atoms with Crippen molar-refractivity contribution in [1.82, 2.24) is 28.9 Å². The second-order valence-electron chi connectivity index (χ2n) is 17.0. The number of methoxy groups -OCH3 is 1. The van der Waals surface area contributed by atoms with Crippen molar-refractivity contribution in [3.8, 4) is 11.1 Å². The van der Waals surface area contributed by atoms with Crippen LogP contribution in [0.4, 0.5) is 16.2 Å². The van der Waals surface area contributed by atoms with Crippen LogP contribution in [0.15, 0.2) is 36.3 Å². The minimum Gasteiger partial charge on any atom is -0.469 e. The molecule has 2 fully saturated rings. The Morgan fingerprint density at radius 2 is 1.38 bits per heavy atom. The molecule has 60 heavy (non-hydrogen) atoms. The number of hydrogen-bond donors (Lipinski definition) is 2. The molecular weight excluding hydrogens is 807 g/mol. The van der Waals surface area contributed by atoms with Gasteiger partial charge in [0.15, 0.2) is 11.6 Å². The largest absolute Gasteiger partial charge is 0.469 e. The number of carbonyl (C=O) groups is 4. The third-order valence-electron chi connectivity index (χ3n) is 12.1. The number of rotatable bonds is 9. The fourth-order valence-electron chi connectivity index (χ4n) is 8.99. The molecule has 2 aromatic carbocycles. The van der Waals surface area contributed by atoms with Gasteiger partial charge in [0.2, 0.25) is 0 Å². The van der Waals surface area contributed by atoms with Gasteiger partial charge in [0.1, 0.15) is 5.60 Å². The summed E-state index contributed by atoms with van der Waals surface area (Å²) >= 11 is 13.7. The van der Waals surface area contributed by atoms with E-state index in [1.54, 1.807) is 20.8 Å². The summed E-state index contributed by atoms with van der Waals surface area (Å²) in [4.78, 5) is 66.1. The van der Waals surface area contributed by atoms with E-state index in [1.807, 2.05) is 0 Å². The van der Waals surface area contributed by atoms with Crippen molar-refractivity contribution in [3.63, 3.8) is 0 Å². The number of aromatic nitrogens is 4. The third kappa shape index (κ3) is 7.77. The SMILES string of the molecule is [2H]c1c([2H])c(NC(=O)c2nc3c(n2C([2H])([2H])[2H])CCN(CCC24CCC(C(=O)OC)(CC2)C4)C3)c(Cl)c(-c2c([2H])c([2H])c([2H])c(NC(=O)c3nc4c(n3C([2H])([2H])[2H])CCN(C(=O)OC(C)(C)C)C4)c2Cl)c1[2H]. The Balaban J connectivity index is 1.09. The number of hydrogen-bond acceptors (Lipinski definition) is 9. The number of imidazole rings is 2. The zero-order valence-electron chi connectivity index (χ0n) is 45.6. The summed E-state index contributed by atoms with van der Waals surface area (Å²) in [7, 11) is 1.41. The number of amides is 3. The van der Waals surface area contributed by atoms with Gasteiger partial charge >= 0.3 is 12.1 Å². The molecule has 4 aliphatic rings. The third-order valence-corrected chi connectivity index (χ3v) is 12.8. The molecular formula is C44H52Cl2N8O6. The summed E-state index contributed by atoms with van der Waals surface area (Å²) in [6, 6.07) is -4.93. The lowest BCUT2D eigenvalue weighted by atomic mass is 9.80. The zero-order valence-corrected chi connectivity index (χ0v) is 35.1. The van der Waals surface area contributed by atoms with Crippen LogP contribution in [0.25, 0.3) is 11.1 Å². The van der Waals surface area contributed by atoms with E-state index in [-0.39, 0.29) is 55.2 Å². The van der Waals surface area contributed by atoms with E-state index in [0.717, 1.165) is 43.1 Å². The monoisotopic (exact) mass is 870 g/mol. The molecule has 2 N–H and O–H groups in total. The molecule has 14 nitrogen and oxygen atoms in total. The van der Waals surface area contributed by atoms with Gasteiger partial charge in [-0.2, -0.15) is 0 Å². The number of ether oxygens (including phenoxy) is 2. The Morgan fingerprint density at radius 1 is 0.833 bits per heavy atom. The van der Waals surface area contributed by atoms with Gasteiger partial charge < -0.3 is 34.1 Å². The molecule has 4 heterocycles. The minimum atomic E-state index is -2.98. The first kappa shape index (κ1) is 29.4. The Kier molecular flexibility index (Phi) is 7.75. The molecule has 0 spiro atoms. The number of anilines is 2. The second-order valence-corrected chi connectivity index (χ2v) is 17.7. The number of esters is 1. The van der Waals surface area contributed by atoms with Crippen molar-refractivity contribution in [2.24, 2.45) is 24.8 Å². The Hall–Kier alpha value is -4.92. The highest BCUT2D eigenvalue weighted by atomic mass is 35.5. The average Bonchev–Trinajstić information content (AvgIpc) is 4.09. The first-order chi connectivity index (χ1) is 33.4. The Morgan fingerprint density at radius 3 is 1.92 bits per heavy atom. The van der Waals surface area contributed by atoms with E-state index < -0.39 is 123 Å². The molecule has 2 aliphatic carbocycles. The topological polar surface area (TPSA) is 153 Å². The number of halogens is 2. The highest BCUT2D eigenvalue weighted by molar-refractivity contribution is 6.40. The molecule has 318 valence electrons. The van der Waals surface area contributed by atoms with E-state index in [1.165, 1.54) is 12.0 Å². The van der Waals surface area contributed by atoms with E-state index in [0.29, 0.717) is 29.0 Å². The second kappa shape index (κ2) is 15.8. The van der Waals surface area contributed by atoms with E-state index >= 15 is 0 Å². The molecule has 2 bridgehead atoms. The molecule has 2 saturated carbocycles. The smallest absolute Gasteiger partial charge is 0.410 e. The summed E-state index contributed by atoms with van der Waals surface area (Å²) in [5.74, 6) is -3.76. The van der Waals surface area contributed by atoms with Crippen LogP contribution < -0.4 is 10.6 Å². The summed E-state index contributed by atoms with van der Waals surface area (Å²) in [5, 5.41) is 3.43. The van der Waals surface area contributed by atoms with Crippen molar-refractivity contribution < 1.29 is 45.1 Å². The molecule has 2 aliphatic heterocycles. The van der Waals surface area contributed by atoms with Gasteiger partial charge in [0.25, 0.3) is 11.8 Å². The lowest BCUT2D eigenvalue weighted by Crippen LogP contribution is -2.40. The fraction of sp³-hybridized carbons (Fsp3) is 0.500. The number of fused-ring (bicyclic) bond motifs is 4. The highest BCUT2D eigenvalue weighted by Gasteiger charge is 2.58. The summed E-state index contributed by atoms with van der Waals surface area (Å²) in [6.45, 7) is 0.296. The van der Waals surface area contributed by atoms with Crippen LogP contribution in [-0.4, -0.2) is 85.1 Å². The van der Waals surface area contributed by atoms with Crippen molar-refractivity contribution in [2.45, 2.75) is 90.8 Å². The van der Waals surface area contributed by atoms with Crippen molar-refractivity contribution in [3.05, 3.63) is 80.7 Å². The van der Waals surface area contributed by atoms with Gasteiger partial charge in [0, 0.05) is 77.2 Å². The van der Waals surface area contributed by atoms with Gasteiger partial charge in [-0.25, -0.2) is 14.8 Å². The van der Waals surface area contributed by atoms with Gasteiger partial charge in [0.05, 0.1) is 60.1 Å². The van der Waals surface area contributed by atoms with Crippen LogP contribution in [0.1, 0.15) is 120 Å². The van der Waals surface area contributed by atoms with Crippen LogP contribution >= 0.6 is 23.2 Å². The predicted octanol–water partition coefficient (Wildman–Crippen LogP) is 7.80. The van der Waals surface area contributed by atoms with Crippen LogP contribution in [-0.2, 0) is 54.2 Å². The Bertz CT molecular complexity index is 2940. The highest BCUT2D eigenvalue weighted by Crippen LogP contribution is 2.63. The molecule has 0 unspecified atom stereocenters. The molecule has 0 saturated heterocycles. The van der Waals surface area contributed by atoms with Crippen molar-refractivity contribution in [1.29, 1.82) is 0 Å². The number of nitrogens with zero attached hydrogens (tertiary/aromatic N) is 6. The number of benzene rings is 2. The molecule has 8 rings (SSSR count). The summed E-state index contributed by atoms with van der Waals surface area (Å²) < 4.78 is 115. The number of carbonyl (C=O) groups excluding carboxylic acids is 4. The van der Waals surface area contributed by atoms with E-state index in [9.17, 15) is 19.2 Å². The maximum absolute atomic E-state index is 14.3. The quantitative estimate of drug-likeness (QED) is 0.161. The van der Waals surface area contributed by atoms with Crippen molar-refractivity contribution in [2.75, 3.05) is 37.4 Å². The predicted molar refractivity (Wildman–Crippen MR) is 228 cm³/mol. The molecule has 3 amide bonds. The first-order valence-electron chi connectivity index (χ1n) is 25.6. The normalized spacial score (nSPS) is 24.3. The fourth-order valence-corrected chi connectivity index (χ4v) is 9.46. The standard InChI is InChI=1S/C44H52Cl2N8O6/c1-42(2,3)60-41(58)54-21-14-33-31(24-54)48-37(52(33)5)39(56)50-29-12-8-10-27(35(29)46)26-9-7-11-28(34(26)45)49-38(55)36-47-30-23-53(20-13-32(30)51(36)4)22-19-43-15-17-44(25-43,18-16-43)40(57)59-6/h7-12H,13-25H2,1-6H3,(H,49,55)(H,50,56)/i4D3,5D3,7D,8D,9D,10D,11D,12D. The molecule has 2 aromatic heterocycles. The van der Waals surface area contributed by atoms with Gasteiger partial charge in [-0.1, -0.05) is 47.4 Å². The van der Waals surface area contributed by atoms with Crippen LogP contribution in [0.3, 0.4) is 0 Å². The summed E-state index contributed by atoms with van der Waals surface area (Å²) in [5.41, 5.74) is -2.87. The van der Waals surface area contributed by atoms with Gasteiger partial charge in [-0.3, -0.25) is 19.3 Å². The van der Waals surface area contributed by atoms with Gasteiger partial charge in [-0.15, -0.1) is 0 Å².